The Labute approximate surface area is 257 Å². The van der Waals surface area contributed by atoms with Crippen molar-refractivity contribution in [1.82, 2.24) is 0 Å². The van der Waals surface area contributed by atoms with Crippen LogP contribution in [0.1, 0.15) is 17.5 Å². The van der Waals surface area contributed by atoms with Gasteiger partial charge in [0.15, 0.2) is 0 Å². The first-order valence-corrected chi connectivity index (χ1v) is 15.6. The van der Waals surface area contributed by atoms with Gasteiger partial charge in [0.05, 0.1) is 0 Å². The van der Waals surface area contributed by atoms with Crippen molar-refractivity contribution in [1.29, 1.82) is 0 Å². The van der Waals surface area contributed by atoms with Crippen LogP contribution < -0.4 is 0 Å². The molecule has 0 saturated carbocycles. The Bertz CT molecular complexity index is 2420. The summed E-state index contributed by atoms with van der Waals surface area (Å²) in [6, 6.07) is 53.7. The fourth-order valence-corrected chi connectivity index (χ4v) is 7.55. The van der Waals surface area contributed by atoms with Gasteiger partial charge in [-0.2, -0.15) is 0 Å². The van der Waals surface area contributed by atoms with Gasteiger partial charge in [0, 0.05) is 0 Å². The van der Waals surface area contributed by atoms with Crippen LogP contribution >= 0.6 is 0 Å². The van der Waals surface area contributed by atoms with E-state index in [-0.39, 0.29) is 0 Å². The molecule has 8 aromatic rings. The molecule has 8 aromatic carbocycles. The second-order valence-electron chi connectivity index (χ2n) is 11.9. The highest BCUT2D eigenvalue weighted by molar-refractivity contribution is 6.19. The molecule has 0 radical (unpaired) electrons. The lowest BCUT2D eigenvalue weighted by molar-refractivity contribution is 0.991. The summed E-state index contributed by atoms with van der Waals surface area (Å²) in [5.74, 6) is 0. The Morgan fingerprint density at radius 1 is 0.386 bits per heavy atom. The minimum Gasteiger partial charge on any atom is -0.0836 e. The molecular formula is C44H30. The fraction of sp³-hybridized carbons (Fsp3) is 0.0455. The number of allylic oxidation sites excluding steroid dienone is 1. The quantitative estimate of drug-likeness (QED) is 0.149. The molecule has 0 heteroatoms. The van der Waals surface area contributed by atoms with Crippen molar-refractivity contribution < 1.29 is 0 Å². The molecule has 0 spiro atoms. The largest absolute Gasteiger partial charge is 0.0836 e. The first-order valence-electron chi connectivity index (χ1n) is 15.6. The zero-order valence-electron chi connectivity index (χ0n) is 24.4. The minimum absolute atomic E-state index is 1.03. The van der Waals surface area contributed by atoms with Crippen LogP contribution in [0.3, 0.4) is 0 Å². The molecule has 1 aliphatic carbocycles. The Morgan fingerprint density at radius 2 is 1.05 bits per heavy atom. The van der Waals surface area contributed by atoms with Gasteiger partial charge in [-0.3, -0.25) is 0 Å². The fourth-order valence-electron chi connectivity index (χ4n) is 7.55. The Hall–Kier alpha value is -5.46. The van der Waals surface area contributed by atoms with Crippen LogP contribution in [-0.4, -0.2) is 0 Å². The number of benzene rings is 8. The van der Waals surface area contributed by atoms with Crippen molar-refractivity contribution in [2.45, 2.75) is 12.8 Å². The molecule has 0 saturated heterocycles. The second-order valence-corrected chi connectivity index (χ2v) is 11.9. The summed E-state index contributed by atoms with van der Waals surface area (Å²) in [4.78, 5) is 0. The van der Waals surface area contributed by atoms with Crippen molar-refractivity contribution in [2.24, 2.45) is 0 Å². The van der Waals surface area contributed by atoms with E-state index in [1.807, 2.05) is 0 Å². The highest BCUT2D eigenvalue weighted by Gasteiger charge is 2.24. The lowest BCUT2D eigenvalue weighted by Gasteiger charge is -2.25. The van der Waals surface area contributed by atoms with Crippen molar-refractivity contribution in [2.75, 3.05) is 0 Å². The van der Waals surface area contributed by atoms with E-state index in [9.17, 15) is 0 Å². The van der Waals surface area contributed by atoms with Gasteiger partial charge in [-0.1, -0.05) is 146 Å². The first kappa shape index (κ1) is 25.1. The molecule has 0 unspecified atom stereocenters. The van der Waals surface area contributed by atoms with Gasteiger partial charge in [-0.25, -0.2) is 0 Å². The molecule has 0 aromatic heterocycles. The van der Waals surface area contributed by atoms with E-state index in [4.69, 9.17) is 0 Å². The maximum Gasteiger partial charge on any atom is -0.00235 e. The summed E-state index contributed by atoms with van der Waals surface area (Å²) in [6.07, 6.45) is 6.84. The Morgan fingerprint density at radius 3 is 1.89 bits per heavy atom. The van der Waals surface area contributed by atoms with Gasteiger partial charge < -0.3 is 0 Å². The number of fused-ring (bicyclic) bond motifs is 6. The van der Waals surface area contributed by atoms with E-state index < -0.39 is 0 Å². The lowest BCUT2D eigenvalue weighted by Crippen LogP contribution is -2.03. The van der Waals surface area contributed by atoms with Crippen LogP contribution in [0, 0.1) is 0 Å². The third-order valence-corrected chi connectivity index (χ3v) is 9.50. The molecule has 206 valence electrons. The SMILES string of the molecule is C1=Cc2c(c(-c3ccccc3-c3ccccc3)c3ccccc3c2-c2cccc3c2ccc2cc4ccccc4cc23)CC1. The summed E-state index contributed by atoms with van der Waals surface area (Å²) in [7, 11) is 0. The molecule has 0 bridgehead atoms. The van der Waals surface area contributed by atoms with E-state index >= 15 is 0 Å². The third kappa shape index (κ3) is 3.85. The Balaban J connectivity index is 1.38. The summed E-state index contributed by atoms with van der Waals surface area (Å²) < 4.78 is 0. The van der Waals surface area contributed by atoms with Crippen molar-refractivity contribution in [3.05, 3.63) is 163 Å². The predicted octanol–water partition coefficient (Wildman–Crippen LogP) is 12.3. The van der Waals surface area contributed by atoms with Gasteiger partial charge in [0.25, 0.3) is 0 Å². The monoisotopic (exact) mass is 558 g/mol. The standard InChI is InChI=1S/C44H30/c1-2-13-29(14-3-1)33-17-6-7-18-36(33)43-38-19-8-10-21-40(38)44(41-22-11-9-20-39(41)43)37-24-12-23-34-35(37)26-25-32-27-30-15-4-5-16-31(30)28-42(32)34/h1-8,10-19,21-28H,9,20H2. The molecule has 44 heavy (non-hydrogen) atoms. The average molecular weight is 559 g/mol. The molecule has 9 rings (SSSR count). The summed E-state index contributed by atoms with van der Waals surface area (Å²) in [5, 5.41) is 10.4. The number of rotatable bonds is 3. The van der Waals surface area contributed by atoms with Gasteiger partial charge in [-0.15, -0.1) is 0 Å². The average Bonchev–Trinajstić information content (AvgIpc) is 3.10. The topological polar surface area (TPSA) is 0 Å². The number of hydrogen-bond acceptors (Lipinski definition) is 0. The Kier molecular flexibility index (Phi) is 5.74. The lowest BCUT2D eigenvalue weighted by atomic mass is 9.78. The van der Waals surface area contributed by atoms with Gasteiger partial charge >= 0.3 is 0 Å². The van der Waals surface area contributed by atoms with Crippen LogP contribution in [0.5, 0.6) is 0 Å². The minimum atomic E-state index is 1.03. The summed E-state index contributed by atoms with van der Waals surface area (Å²) >= 11 is 0. The smallest absolute Gasteiger partial charge is 0.00235 e. The van der Waals surface area contributed by atoms with E-state index in [0.29, 0.717) is 0 Å². The van der Waals surface area contributed by atoms with Crippen molar-refractivity contribution in [3.8, 4) is 33.4 Å². The summed E-state index contributed by atoms with van der Waals surface area (Å²) in [5.41, 5.74) is 10.7. The van der Waals surface area contributed by atoms with E-state index in [1.165, 1.54) is 87.6 Å². The number of hydrogen-bond donors (Lipinski definition) is 0. The van der Waals surface area contributed by atoms with E-state index in [0.717, 1.165) is 12.8 Å². The molecule has 0 N–H and O–H groups in total. The molecule has 0 atom stereocenters. The van der Waals surface area contributed by atoms with Crippen LogP contribution in [-0.2, 0) is 6.42 Å². The van der Waals surface area contributed by atoms with Gasteiger partial charge in [0.2, 0.25) is 0 Å². The van der Waals surface area contributed by atoms with Crippen molar-refractivity contribution in [3.63, 3.8) is 0 Å². The maximum atomic E-state index is 2.39. The molecule has 0 fully saturated rings. The molecule has 0 amide bonds. The second kappa shape index (κ2) is 10.1. The van der Waals surface area contributed by atoms with Crippen LogP contribution in [0.2, 0.25) is 0 Å². The first-order chi connectivity index (χ1) is 21.8. The van der Waals surface area contributed by atoms with Crippen LogP contribution in [0.15, 0.2) is 152 Å². The molecule has 0 aliphatic heterocycles. The summed E-state index contributed by atoms with van der Waals surface area (Å²) in [6.45, 7) is 0. The van der Waals surface area contributed by atoms with E-state index in [1.54, 1.807) is 0 Å². The zero-order valence-corrected chi connectivity index (χ0v) is 24.4. The predicted molar refractivity (Wildman–Crippen MR) is 190 cm³/mol. The molecule has 1 aliphatic rings. The van der Waals surface area contributed by atoms with Gasteiger partial charge in [-0.05, 0) is 113 Å². The molecule has 0 heterocycles. The highest BCUT2D eigenvalue weighted by atomic mass is 14.3. The normalized spacial score (nSPS) is 12.7. The zero-order chi connectivity index (χ0) is 29.0. The third-order valence-electron chi connectivity index (χ3n) is 9.50. The van der Waals surface area contributed by atoms with E-state index in [2.05, 4.69) is 158 Å². The van der Waals surface area contributed by atoms with Crippen LogP contribution in [0.4, 0.5) is 0 Å². The van der Waals surface area contributed by atoms with Crippen LogP contribution in [0.25, 0.3) is 82.5 Å². The highest BCUT2D eigenvalue weighted by Crippen LogP contribution is 2.48. The van der Waals surface area contributed by atoms with Crippen molar-refractivity contribution >= 4 is 49.2 Å². The molecular weight excluding hydrogens is 528 g/mol. The van der Waals surface area contributed by atoms with Gasteiger partial charge in [0.1, 0.15) is 0 Å². The molecule has 0 nitrogen and oxygen atoms in total. The maximum absolute atomic E-state index is 2.39.